The second-order valence-corrected chi connectivity index (χ2v) is 9.65. The summed E-state index contributed by atoms with van der Waals surface area (Å²) in [5.74, 6) is 0.0768. The molecule has 0 aromatic heterocycles. The summed E-state index contributed by atoms with van der Waals surface area (Å²) in [5, 5.41) is 0.426. The van der Waals surface area contributed by atoms with Crippen LogP contribution in [0.4, 0.5) is 11.4 Å². The Balaban J connectivity index is 1.53. The number of anilines is 2. The number of halogens is 1. The first-order valence-electron chi connectivity index (χ1n) is 9.61. The van der Waals surface area contributed by atoms with Gasteiger partial charge in [0.2, 0.25) is 15.9 Å². The summed E-state index contributed by atoms with van der Waals surface area (Å²) in [6.07, 6.45) is 4.93. The zero-order chi connectivity index (χ0) is 19.7. The molecule has 0 spiro atoms. The molecule has 28 heavy (non-hydrogen) atoms. The smallest absolute Gasteiger partial charge is 0.236 e. The average molecular weight is 419 g/mol. The molecule has 1 aliphatic carbocycles. The van der Waals surface area contributed by atoms with Gasteiger partial charge in [0, 0.05) is 23.2 Å². The Kier molecular flexibility index (Phi) is 5.34. The quantitative estimate of drug-likeness (QED) is 0.784. The molecule has 4 rings (SSSR count). The van der Waals surface area contributed by atoms with E-state index in [1.807, 2.05) is 11.0 Å². The number of rotatable bonds is 5. The standard InChI is InChI=1S/C21H23ClN2O3S/c22-19-8-4-3-7-17(19)14-28(26,27)23-18-10-9-15-11-12-24(20(15)13-18)21(25)16-5-1-2-6-16/h3-4,7-10,13,16,23H,1-2,5-6,11-12,14H2. The van der Waals surface area contributed by atoms with Crippen molar-refractivity contribution >= 4 is 38.9 Å². The second kappa shape index (κ2) is 7.76. The lowest BCUT2D eigenvalue weighted by Crippen LogP contribution is -2.33. The van der Waals surface area contributed by atoms with E-state index in [0.29, 0.717) is 22.8 Å². The number of carbonyl (C=O) groups is 1. The summed E-state index contributed by atoms with van der Waals surface area (Å²) in [4.78, 5) is 14.7. The first kappa shape index (κ1) is 19.3. The maximum absolute atomic E-state index is 12.9. The van der Waals surface area contributed by atoms with E-state index in [1.54, 1.807) is 36.4 Å². The number of hydrogen-bond donors (Lipinski definition) is 1. The summed E-state index contributed by atoms with van der Waals surface area (Å²) in [6, 6.07) is 12.3. The van der Waals surface area contributed by atoms with Crippen LogP contribution < -0.4 is 9.62 Å². The summed E-state index contributed by atoms with van der Waals surface area (Å²) < 4.78 is 27.8. The first-order valence-corrected chi connectivity index (χ1v) is 11.6. The van der Waals surface area contributed by atoms with E-state index in [9.17, 15) is 13.2 Å². The normalized spacial score (nSPS) is 17.0. The predicted molar refractivity (Wildman–Crippen MR) is 112 cm³/mol. The van der Waals surface area contributed by atoms with Gasteiger partial charge in [-0.3, -0.25) is 9.52 Å². The number of fused-ring (bicyclic) bond motifs is 1. The Bertz CT molecular complexity index is 1000. The van der Waals surface area contributed by atoms with Crippen molar-refractivity contribution in [1.82, 2.24) is 0 Å². The van der Waals surface area contributed by atoms with Crippen molar-refractivity contribution < 1.29 is 13.2 Å². The highest BCUT2D eigenvalue weighted by Gasteiger charge is 2.32. The third-order valence-electron chi connectivity index (χ3n) is 5.53. The molecule has 1 saturated carbocycles. The third kappa shape index (κ3) is 4.03. The van der Waals surface area contributed by atoms with Crippen molar-refractivity contribution in [2.24, 2.45) is 5.92 Å². The Morgan fingerprint density at radius 3 is 2.64 bits per heavy atom. The summed E-state index contributed by atoms with van der Waals surface area (Å²) in [6.45, 7) is 0.667. The molecule has 1 heterocycles. The number of benzene rings is 2. The topological polar surface area (TPSA) is 66.5 Å². The fourth-order valence-electron chi connectivity index (χ4n) is 4.10. The lowest BCUT2D eigenvalue weighted by atomic mass is 10.1. The first-order chi connectivity index (χ1) is 13.4. The third-order valence-corrected chi connectivity index (χ3v) is 7.13. The SMILES string of the molecule is O=C(C1CCCC1)N1CCc2ccc(NS(=O)(=O)Cc3ccccc3Cl)cc21. The lowest BCUT2D eigenvalue weighted by molar-refractivity contribution is -0.122. The van der Waals surface area contributed by atoms with E-state index in [1.165, 1.54) is 0 Å². The van der Waals surface area contributed by atoms with Crippen LogP contribution in [0.15, 0.2) is 42.5 Å². The molecular weight excluding hydrogens is 396 g/mol. The minimum Gasteiger partial charge on any atom is -0.312 e. The predicted octanol–water partition coefficient (Wildman–Crippen LogP) is 4.36. The number of nitrogens with one attached hydrogen (secondary N) is 1. The number of hydrogen-bond acceptors (Lipinski definition) is 3. The Morgan fingerprint density at radius 1 is 1.14 bits per heavy atom. The van der Waals surface area contributed by atoms with Crippen LogP contribution in [0, 0.1) is 5.92 Å². The Labute approximate surface area is 170 Å². The van der Waals surface area contributed by atoms with Crippen molar-refractivity contribution in [3.8, 4) is 0 Å². The molecular formula is C21H23ClN2O3S. The van der Waals surface area contributed by atoms with E-state index in [0.717, 1.165) is 43.4 Å². The Morgan fingerprint density at radius 2 is 1.89 bits per heavy atom. The van der Waals surface area contributed by atoms with Gasteiger partial charge in [-0.15, -0.1) is 0 Å². The van der Waals surface area contributed by atoms with Gasteiger partial charge in [-0.1, -0.05) is 48.7 Å². The molecule has 0 bridgehead atoms. The van der Waals surface area contributed by atoms with Crippen LogP contribution in [0.1, 0.15) is 36.8 Å². The molecule has 5 nitrogen and oxygen atoms in total. The summed E-state index contributed by atoms with van der Waals surface area (Å²) in [7, 11) is -3.62. The minimum absolute atomic E-state index is 0.103. The minimum atomic E-state index is -3.62. The van der Waals surface area contributed by atoms with Crippen LogP contribution in [0.25, 0.3) is 0 Å². The molecule has 0 saturated heterocycles. The number of nitrogens with zero attached hydrogens (tertiary/aromatic N) is 1. The summed E-state index contributed by atoms with van der Waals surface area (Å²) in [5.41, 5.74) is 2.93. The summed E-state index contributed by atoms with van der Waals surface area (Å²) >= 11 is 6.09. The van der Waals surface area contributed by atoms with Crippen LogP contribution in [0.2, 0.25) is 5.02 Å². The van der Waals surface area contributed by atoms with Crippen LogP contribution in [0.5, 0.6) is 0 Å². The monoisotopic (exact) mass is 418 g/mol. The maximum Gasteiger partial charge on any atom is 0.236 e. The molecule has 1 amide bonds. The van der Waals surface area contributed by atoms with Gasteiger partial charge in [0.15, 0.2) is 0 Å². The average Bonchev–Trinajstić information content (AvgIpc) is 3.32. The molecule has 1 N–H and O–H groups in total. The second-order valence-electron chi connectivity index (χ2n) is 7.52. The molecule has 0 unspecified atom stereocenters. The van der Waals surface area contributed by atoms with Crippen molar-refractivity contribution in [3.05, 3.63) is 58.6 Å². The molecule has 1 fully saturated rings. The fourth-order valence-corrected chi connectivity index (χ4v) is 5.60. The van der Waals surface area contributed by atoms with E-state index in [4.69, 9.17) is 11.6 Å². The van der Waals surface area contributed by atoms with Gasteiger partial charge in [0.25, 0.3) is 0 Å². The van der Waals surface area contributed by atoms with Gasteiger partial charge >= 0.3 is 0 Å². The fraction of sp³-hybridized carbons (Fsp3) is 0.381. The van der Waals surface area contributed by atoms with E-state index in [2.05, 4.69) is 4.72 Å². The Hall–Kier alpha value is -2.05. The lowest BCUT2D eigenvalue weighted by Gasteiger charge is -2.22. The van der Waals surface area contributed by atoms with Gasteiger partial charge in [-0.05, 0) is 48.6 Å². The van der Waals surface area contributed by atoms with Crippen LogP contribution in [-0.4, -0.2) is 20.9 Å². The van der Waals surface area contributed by atoms with Crippen LogP contribution >= 0.6 is 11.6 Å². The van der Waals surface area contributed by atoms with Crippen molar-refractivity contribution in [1.29, 1.82) is 0 Å². The van der Waals surface area contributed by atoms with Gasteiger partial charge in [0.05, 0.1) is 11.4 Å². The molecule has 148 valence electrons. The van der Waals surface area contributed by atoms with E-state index < -0.39 is 10.0 Å². The van der Waals surface area contributed by atoms with Crippen molar-refractivity contribution in [2.75, 3.05) is 16.2 Å². The highest BCUT2D eigenvalue weighted by atomic mass is 35.5. The van der Waals surface area contributed by atoms with Crippen LogP contribution in [0.3, 0.4) is 0 Å². The molecule has 2 aliphatic rings. The number of carbonyl (C=O) groups excluding carboxylic acids is 1. The molecule has 2 aromatic carbocycles. The highest BCUT2D eigenvalue weighted by Crippen LogP contribution is 2.35. The van der Waals surface area contributed by atoms with Crippen LogP contribution in [-0.2, 0) is 27.0 Å². The van der Waals surface area contributed by atoms with E-state index >= 15 is 0 Å². The van der Waals surface area contributed by atoms with Gasteiger partial charge in [-0.2, -0.15) is 0 Å². The van der Waals surface area contributed by atoms with Gasteiger partial charge < -0.3 is 4.90 Å². The molecule has 0 atom stereocenters. The van der Waals surface area contributed by atoms with Gasteiger partial charge in [0.1, 0.15) is 0 Å². The maximum atomic E-state index is 12.9. The van der Waals surface area contributed by atoms with Gasteiger partial charge in [-0.25, -0.2) is 8.42 Å². The van der Waals surface area contributed by atoms with Crippen molar-refractivity contribution in [3.63, 3.8) is 0 Å². The number of amides is 1. The molecule has 2 aromatic rings. The zero-order valence-electron chi connectivity index (χ0n) is 15.5. The highest BCUT2D eigenvalue weighted by molar-refractivity contribution is 7.91. The number of sulfonamides is 1. The van der Waals surface area contributed by atoms with Crippen molar-refractivity contribution in [2.45, 2.75) is 37.9 Å². The zero-order valence-corrected chi connectivity index (χ0v) is 17.1. The molecule has 1 aliphatic heterocycles. The van der Waals surface area contributed by atoms with E-state index in [-0.39, 0.29) is 17.6 Å². The molecule has 7 heteroatoms. The largest absolute Gasteiger partial charge is 0.312 e. The molecule has 0 radical (unpaired) electrons.